The molecule has 1 fully saturated rings. The van der Waals surface area contributed by atoms with Crippen LogP contribution in [0.2, 0.25) is 10.0 Å². The van der Waals surface area contributed by atoms with Crippen LogP contribution >= 0.6 is 23.2 Å². The number of rotatable bonds is 5. The van der Waals surface area contributed by atoms with E-state index in [1.165, 1.54) is 38.9 Å². The van der Waals surface area contributed by atoms with Gasteiger partial charge in [0, 0.05) is 22.6 Å². The first-order valence-corrected chi connectivity index (χ1v) is 7.83. The van der Waals surface area contributed by atoms with Gasteiger partial charge in [-0.3, -0.25) is 0 Å². The van der Waals surface area contributed by atoms with Crippen molar-refractivity contribution in [3.8, 4) is 0 Å². The molecule has 0 bridgehead atoms. The minimum Gasteiger partial charge on any atom is -0.310 e. The van der Waals surface area contributed by atoms with Crippen LogP contribution < -0.4 is 5.32 Å². The van der Waals surface area contributed by atoms with Gasteiger partial charge in [-0.05, 0) is 62.7 Å². The number of nitrogens with zero attached hydrogens (tertiary/aromatic N) is 1. The molecule has 0 radical (unpaired) electrons. The van der Waals surface area contributed by atoms with Gasteiger partial charge in [-0.25, -0.2) is 0 Å². The predicted octanol–water partition coefficient (Wildman–Crippen LogP) is 3.96. The standard InChI is InChI=1S/C15H22Cl2N2/c1-2-5-19-6-3-15(4-7-19)18-11-12-8-13(16)10-14(17)9-12/h8-10,15,18H,2-7,11H2,1H3. The topological polar surface area (TPSA) is 15.3 Å². The third-order valence-electron chi connectivity index (χ3n) is 3.64. The van der Waals surface area contributed by atoms with Crippen molar-refractivity contribution < 1.29 is 0 Å². The van der Waals surface area contributed by atoms with Gasteiger partial charge in [-0.2, -0.15) is 0 Å². The number of hydrogen-bond donors (Lipinski definition) is 1. The molecule has 4 heteroatoms. The van der Waals surface area contributed by atoms with Crippen molar-refractivity contribution in [3.05, 3.63) is 33.8 Å². The molecule has 0 atom stereocenters. The fourth-order valence-electron chi connectivity index (χ4n) is 2.65. The fraction of sp³-hybridized carbons (Fsp3) is 0.600. The molecule has 0 unspecified atom stereocenters. The third kappa shape index (κ3) is 4.96. The second kappa shape index (κ2) is 7.49. The SMILES string of the molecule is CCCN1CCC(NCc2cc(Cl)cc(Cl)c2)CC1. The van der Waals surface area contributed by atoms with E-state index >= 15 is 0 Å². The Morgan fingerprint density at radius 1 is 1.16 bits per heavy atom. The number of benzene rings is 1. The van der Waals surface area contributed by atoms with Gasteiger partial charge in [0.1, 0.15) is 0 Å². The van der Waals surface area contributed by atoms with Crippen LogP contribution in [0, 0.1) is 0 Å². The van der Waals surface area contributed by atoms with E-state index in [9.17, 15) is 0 Å². The highest BCUT2D eigenvalue weighted by Crippen LogP contribution is 2.19. The second-order valence-electron chi connectivity index (χ2n) is 5.27. The molecule has 1 N–H and O–H groups in total. The van der Waals surface area contributed by atoms with Crippen LogP contribution in [0.15, 0.2) is 18.2 Å². The molecule has 1 saturated heterocycles. The van der Waals surface area contributed by atoms with Gasteiger partial charge in [-0.1, -0.05) is 30.1 Å². The molecule has 1 aliphatic rings. The Kier molecular flexibility index (Phi) is 5.96. The van der Waals surface area contributed by atoms with Gasteiger partial charge in [0.25, 0.3) is 0 Å². The Morgan fingerprint density at radius 2 is 1.79 bits per heavy atom. The molecule has 1 aromatic rings. The van der Waals surface area contributed by atoms with Crippen molar-refractivity contribution in [1.29, 1.82) is 0 Å². The molecule has 0 saturated carbocycles. The van der Waals surface area contributed by atoms with Crippen LogP contribution in [-0.2, 0) is 6.54 Å². The highest BCUT2D eigenvalue weighted by Gasteiger charge is 2.17. The summed E-state index contributed by atoms with van der Waals surface area (Å²) >= 11 is 12.0. The van der Waals surface area contributed by atoms with Crippen LogP contribution in [0.4, 0.5) is 0 Å². The minimum absolute atomic E-state index is 0.617. The van der Waals surface area contributed by atoms with Crippen LogP contribution in [0.5, 0.6) is 0 Å². The van der Waals surface area contributed by atoms with Gasteiger partial charge in [0.15, 0.2) is 0 Å². The maximum Gasteiger partial charge on any atom is 0.0424 e. The summed E-state index contributed by atoms with van der Waals surface area (Å²) in [7, 11) is 0. The molecule has 0 amide bonds. The van der Waals surface area contributed by atoms with Crippen LogP contribution in [0.25, 0.3) is 0 Å². The van der Waals surface area contributed by atoms with Gasteiger partial charge in [0.05, 0.1) is 0 Å². The summed E-state index contributed by atoms with van der Waals surface area (Å²) in [5.41, 5.74) is 1.16. The molecule has 1 aromatic carbocycles. The fourth-order valence-corrected chi connectivity index (χ4v) is 3.22. The molecular weight excluding hydrogens is 279 g/mol. The Labute approximate surface area is 126 Å². The summed E-state index contributed by atoms with van der Waals surface area (Å²) < 4.78 is 0. The smallest absolute Gasteiger partial charge is 0.0424 e. The van der Waals surface area contributed by atoms with E-state index in [0.29, 0.717) is 16.1 Å². The first-order chi connectivity index (χ1) is 9.17. The Bertz CT molecular complexity index is 381. The van der Waals surface area contributed by atoms with E-state index in [4.69, 9.17) is 23.2 Å². The molecule has 2 nitrogen and oxygen atoms in total. The zero-order chi connectivity index (χ0) is 13.7. The van der Waals surface area contributed by atoms with Gasteiger partial charge in [-0.15, -0.1) is 0 Å². The first kappa shape index (κ1) is 15.1. The average Bonchev–Trinajstić information content (AvgIpc) is 2.37. The number of likely N-dealkylation sites (tertiary alicyclic amines) is 1. The summed E-state index contributed by atoms with van der Waals surface area (Å²) in [6, 6.07) is 6.35. The van der Waals surface area contributed by atoms with Crippen molar-refractivity contribution in [1.82, 2.24) is 10.2 Å². The summed E-state index contributed by atoms with van der Waals surface area (Å²) in [6.07, 6.45) is 3.71. The monoisotopic (exact) mass is 300 g/mol. The van der Waals surface area contributed by atoms with E-state index in [2.05, 4.69) is 17.1 Å². The van der Waals surface area contributed by atoms with Gasteiger partial charge < -0.3 is 10.2 Å². The zero-order valence-electron chi connectivity index (χ0n) is 11.5. The second-order valence-corrected chi connectivity index (χ2v) is 6.15. The Hall–Kier alpha value is -0.280. The molecule has 2 rings (SSSR count). The van der Waals surface area contributed by atoms with Crippen molar-refractivity contribution in [2.75, 3.05) is 19.6 Å². The minimum atomic E-state index is 0.617. The quantitative estimate of drug-likeness (QED) is 0.885. The molecule has 1 aliphatic heterocycles. The molecule has 0 spiro atoms. The molecule has 1 heterocycles. The summed E-state index contributed by atoms with van der Waals surface area (Å²) in [5.74, 6) is 0. The van der Waals surface area contributed by atoms with Gasteiger partial charge >= 0.3 is 0 Å². The Morgan fingerprint density at radius 3 is 2.37 bits per heavy atom. The van der Waals surface area contributed by atoms with Crippen molar-refractivity contribution in [2.24, 2.45) is 0 Å². The van der Waals surface area contributed by atoms with E-state index in [-0.39, 0.29) is 0 Å². The van der Waals surface area contributed by atoms with Crippen molar-refractivity contribution >= 4 is 23.2 Å². The summed E-state index contributed by atoms with van der Waals surface area (Å²) in [5, 5.41) is 5.03. The third-order valence-corrected chi connectivity index (χ3v) is 4.08. The van der Waals surface area contributed by atoms with E-state index in [1.807, 2.05) is 12.1 Å². The lowest BCUT2D eigenvalue weighted by Crippen LogP contribution is -2.42. The maximum absolute atomic E-state index is 6.01. The summed E-state index contributed by atoms with van der Waals surface area (Å²) in [6.45, 7) is 6.74. The van der Waals surface area contributed by atoms with E-state index in [0.717, 1.165) is 12.1 Å². The van der Waals surface area contributed by atoms with Crippen LogP contribution in [0.1, 0.15) is 31.7 Å². The molecule has 106 valence electrons. The molecule has 0 aliphatic carbocycles. The summed E-state index contributed by atoms with van der Waals surface area (Å²) in [4.78, 5) is 2.55. The predicted molar refractivity (Wildman–Crippen MR) is 83.1 cm³/mol. The number of nitrogens with one attached hydrogen (secondary N) is 1. The largest absolute Gasteiger partial charge is 0.310 e. The zero-order valence-corrected chi connectivity index (χ0v) is 13.0. The molecule has 19 heavy (non-hydrogen) atoms. The van der Waals surface area contributed by atoms with Crippen molar-refractivity contribution in [3.63, 3.8) is 0 Å². The van der Waals surface area contributed by atoms with Crippen LogP contribution in [0.3, 0.4) is 0 Å². The lowest BCUT2D eigenvalue weighted by Gasteiger charge is -2.32. The first-order valence-electron chi connectivity index (χ1n) is 7.08. The number of hydrogen-bond acceptors (Lipinski definition) is 2. The van der Waals surface area contributed by atoms with Gasteiger partial charge in [0.2, 0.25) is 0 Å². The van der Waals surface area contributed by atoms with Crippen LogP contribution in [-0.4, -0.2) is 30.6 Å². The molecule has 0 aromatic heterocycles. The average molecular weight is 301 g/mol. The number of halogens is 2. The lowest BCUT2D eigenvalue weighted by atomic mass is 10.0. The van der Waals surface area contributed by atoms with Crippen molar-refractivity contribution in [2.45, 2.75) is 38.8 Å². The van der Waals surface area contributed by atoms with E-state index in [1.54, 1.807) is 6.07 Å². The maximum atomic E-state index is 6.01. The Balaban J connectivity index is 1.77. The lowest BCUT2D eigenvalue weighted by molar-refractivity contribution is 0.197. The molecular formula is C15H22Cl2N2. The van der Waals surface area contributed by atoms with E-state index < -0.39 is 0 Å². The highest BCUT2D eigenvalue weighted by molar-refractivity contribution is 6.34. The normalized spacial score (nSPS) is 17.8. The number of piperidine rings is 1. The highest BCUT2D eigenvalue weighted by atomic mass is 35.5.